The van der Waals surface area contributed by atoms with Gasteiger partial charge in [0.25, 0.3) is 0 Å². The molecule has 1 saturated heterocycles. The van der Waals surface area contributed by atoms with Gasteiger partial charge in [-0.15, -0.1) is 0 Å². The number of ether oxygens (including phenoxy) is 2. The number of piperidine rings is 1. The molecule has 2 N–H and O–H groups in total. The van der Waals surface area contributed by atoms with Crippen LogP contribution in [0.25, 0.3) is 33.4 Å². The van der Waals surface area contributed by atoms with Crippen LogP contribution < -0.4 is 10.5 Å². The van der Waals surface area contributed by atoms with E-state index in [-0.39, 0.29) is 11.3 Å². The van der Waals surface area contributed by atoms with Gasteiger partial charge >= 0.3 is 12.1 Å². The van der Waals surface area contributed by atoms with E-state index in [1.807, 2.05) is 6.92 Å². The van der Waals surface area contributed by atoms with Gasteiger partial charge in [-0.2, -0.15) is 0 Å². The van der Waals surface area contributed by atoms with E-state index in [1.165, 1.54) is 43.5 Å². The number of likely N-dealkylation sites (tertiary alicyclic amines) is 1. The molecule has 10 heteroatoms. The van der Waals surface area contributed by atoms with Crippen molar-refractivity contribution in [3.63, 3.8) is 0 Å². The molecule has 1 amide bonds. The fourth-order valence-corrected chi connectivity index (χ4v) is 5.11. The van der Waals surface area contributed by atoms with Crippen molar-refractivity contribution in [2.75, 3.05) is 26.2 Å². The maximum Gasteiger partial charge on any atom is 0.412 e. The third-order valence-corrected chi connectivity index (χ3v) is 6.92. The number of nitrogens with zero attached hydrogens (tertiary/aromatic N) is 2. The number of hydrogen-bond donors (Lipinski definition) is 1. The van der Waals surface area contributed by atoms with E-state index < -0.39 is 17.9 Å². The number of carbonyl (C=O) groups excluding carboxylic acids is 2. The normalized spacial score (nSPS) is 14.0. The molecule has 1 fully saturated rings. The van der Waals surface area contributed by atoms with Gasteiger partial charge in [0, 0.05) is 23.1 Å². The van der Waals surface area contributed by atoms with Gasteiger partial charge in [-0.1, -0.05) is 11.6 Å². The number of esters is 1. The van der Waals surface area contributed by atoms with Crippen molar-refractivity contribution in [3.8, 4) is 28.2 Å². The molecule has 0 unspecified atom stereocenters. The molecular weight excluding hydrogens is 505 g/mol. The number of rotatable bonds is 8. The van der Waals surface area contributed by atoms with E-state index in [1.54, 1.807) is 19.1 Å². The molecule has 0 saturated carbocycles. The third-order valence-electron chi connectivity index (χ3n) is 6.92. The van der Waals surface area contributed by atoms with Crippen molar-refractivity contribution in [1.29, 1.82) is 0 Å². The number of aryl methyl sites for hydroxylation is 2. The van der Waals surface area contributed by atoms with Gasteiger partial charge in [0.05, 0.1) is 17.9 Å². The number of carbonyl (C=O) groups is 2. The summed E-state index contributed by atoms with van der Waals surface area (Å²) < 4.78 is 36.2. The third kappa shape index (κ3) is 5.65. The van der Waals surface area contributed by atoms with Crippen LogP contribution in [0.2, 0.25) is 0 Å². The second-order valence-corrected chi connectivity index (χ2v) is 9.67. The van der Waals surface area contributed by atoms with Gasteiger partial charge in [0.1, 0.15) is 34.2 Å². The summed E-state index contributed by atoms with van der Waals surface area (Å²) in [5.74, 6) is -0.221. The minimum atomic E-state index is -1.25. The Morgan fingerprint density at radius 1 is 1.10 bits per heavy atom. The second-order valence-electron chi connectivity index (χ2n) is 9.67. The van der Waals surface area contributed by atoms with Gasteiger partial charge in [0.15, 0.2) is 0 Å². The zero-order valence-electron chi connectivity index (χ0n) is 21.9. The average molecular weight is 536 g/mol. The molecule has 4 aromatic rings. The highest BCUT2D eigenvalue weighted by Gasteiger charge is 2.28. The van der Waals surface area contributed by atoms with Crippen LogP contribution in [-0.4, -0.2) is 48.4 Å². The minimum Gasteiger partial charge on any atom is -0.493 e. The molecule has 0 atom stereocenters. The molecule has 2 aromatic heterocycles. The van der Waals surface area contributed by atoms with E-state index in [4.69, 9.17) is 24.1 Å². The molecule has 1 aliphatic heterocycles. The minimum absolute atomic E-state index is 0.0149. The molecule has 0 spiro atoms. The number of nitrogens with two attached hydrogens (primary N) is 1. The van der Waals surface area contributed by atoms with E-state index in [2.05, 4.69) is 10.1 Å². The molecule has 5 rings (SSSR count). The Kier molecular flexibility index (Phi) is 7.65. The zero-order valence-corrected chi connectivity index (χ0v) is 21.9. The topological polar surface area (TPSA) is 121 Å². The second kappa shape index (κ2) is 11.3. The Bertz CT molecular complexity index is 1480. The average Bonchev–Trinajstić information content (AvgIpc) is 3.45. The maximum atomic E-state index is 13.6. The summed E-state index contributed by atoms with van der Waals surface area (Å²) in [5, 5.41) is 4.45. The molecule has 0 bridgehead atoms. The highest BCUT2D eigenvalue weighted by Crippen LogP contribution is 2.42. The lowest BCUT2D eigenvalue weighted by Crippen LogP contribution is -2.31. The Morgan fingerprint density at radius 3 is 2.51 bits per heavy atom. The predicted octanol–water partition coefficient (Wildman–Crippen LogP) is 6.00. The maximum absolute atomic E-state index is 13.6. The smallest absolute Gasteiger partial charge is 0.412 e. The van der Waals surface area contributed by atoms with Gasteiger partial charge in [-0.3, -0.25) is 0 Å². The first kappa shape index (κ1) is 26.4. The Labute approximate surface area is 224 Å². The van der Waals surface area contributed by atoms with Crippen LogP contribution in [0, 0.1) is 19.7 Å². The van der Waals surface area contributed by atoms with Crippen LogP contribution in [0.3, 0.4) is 0 Å². The summed E-state index contributed by atoms with van der Waals surface area (Å²) in [4.78, 5) is 26.9. The lowest BCUT2D eigenvalue weighted by molar-refractivity contribution is 0.0640. The quantitative estimate of drug-likeness (QED) is 0.166. The fourth-order valence-electron chi connectivity index (χ4n) is 5.11. The molecule has 204 valence electrons. The number of aromatic nitrogens is 1. The zero-order chi connectivity index (χ0) is 27.5. The molecular formula is C29H30FN3O6. The summed E-state index contributed by atoms with van der Waals surface area (Å²) in [6.07, 6.45) is 3.28. The molecule has 9 nitrogen and oxygen atoms in total. The monoisotopic (exact) mass is 535 g/mol. The Morgan fingerprint density at radius 2 is 1.85 bits per heavy atom. The van der Waals surface area contributed by atoms with Crippen LogP contribution in [0.5, 0.6) is 5.75 Å². The van der Waals surface area contributed by atoms with Crippen molar-refractivity contribution in [3.05, 3.63) is 59.2 Å². The highest BCUT2D eigenvalue weighted by molar-refractivity contribution is 6.12. The van der Waals surface area contributed by atoms with Gasteiger partial charge in [0.2, 0.25) is 0 Å². The van der Waals surface area contributed by atoms with Gasteiger partial charge in [-0.05, 0) is 82.6 Å². The van der Waals surface area contributed by atoms with E-state index in [9.17, 15) is 14.0 Å². The SMILES string of the molecule is Cc1noc(C)c1-c1cc2oc(-c3ccc(F)cc3)c(C(=O)OC(N)=O)c2cc1OCCCN1CCCCC1. The molecule has 39 heavy (non-hydrogen) atoms. The molecule has 0 radical (unpaired) electrons. The standard InChI is InChI=1S/C29H30FN3O6/c1-17-25(18(2)39-32-17)21-16-24-22(15-23(21)36-14-6-13-33-11-4-3-5-12-33)26(28(34)38-29(31)35)27(37-24)19-7-9-20(30)10-8-19/h7-10,15-16H,3-6,11-14H2,1-2H3,(H2,31,35). The van der Waals surface area contributed by atoms with E-state index in [0.717, 1.165) is 31.6 Å². The number of halogens is 1. The van der Waals surface area contributed by atoms with Gasteiger partial charge in [-0.25, -0.2) is 14.0 Å². The first-order valence-electron chi connectivity index (χ1n) is 13.0. The van der Waals surface area contributed by atoms with Crippen molar-refractivity contribution in [1.82, 2.24) is 10.1 Å². The summed E-state index contributed by atoms with van der Waals surface area (Å²) in [6.45, 7) is 7.21. The van der Waals surface area contributed by atoms with Crippen LogP contribution in [0.1, 0.15) is 47.5 Å². The van der Waals surface area contributed by atoms with Crippen molar-refractivity contribution >= 4 is 23.0 Å². The number of fused-ring (bicyclic) bond motifs is 1. The van der Waals surface area contributed by atoms with Crippen LogP contribution in [-0.2, 0) is 4.74 Å². The largest absolute Gasteiger partial charge is 0.493 e. The van der Waals surface area contributed by atoms with Crippen LogP contribution in [0.4, 0.5) is 9.18 Å². The highest BCUT2D eigenvalue weighted by atomic mass is 19.1. The Hall–Kier alpha value is -4.18. The molecule has 1 aliphatic rings. The predicted molar refractivity (Wildman–Crippen MR) is 142 cm³/mol. The number of amides is 1. The summed E-state index contributed by atoms with van der Waals surface area (Å²) in [7, 11) is 0. The summed E-state index contributed by atoms with van der Waals surface area (Å²) in [5.41, 5.74) is 7.99. The molecule has 0 aliphatic carbocycles. The first-order valence-corrected chi connectivity index (χ1v) is 13.0. The first-order chi connectivity index (χ1) is 18.8. The van der Waals surface area contributed by atoms with Crippen LogP contribution in [0.15, 0.2) is 45.3 Å². The van der Waals surface area contributed by atoms with Crippen molar-refractivity contribution in [2.24, 2.45) is 5.73 Å². The lowest BCUT2D eigenvalue weighted by atomic mass is 9.99. The van der Waals surface area contributed by atoms with Crippen molar-refractivity contribution in [2.45, 2.75) is 39.5 Å². The molecule has 3 heterocycles. The van der Waals surface area contributed by atoms with Gasteiger partial charge < -0.3 is 29.0 Å². The van der Waals surface area contributed by atoms with E-state index >= 15 is 0 Å². The number of furan rings is 1. The van der Waals surface area contributed by atoms with E-state index in [0.29, 0.717) is 45.9 Å². The number of primary amides is 1. The summed E-state index contributed by atoms with van der Waals surface area (Å²) in [6, 6.07) is 8.87. The number of benzene rings is 2. The van der Waals surface area contributed by atoms with Crippen molar-refractivity contribution < 1.29 is 32.4 Å². The Balaban J connectivity index is 1.58. The number of hydrogen-bond acceptors (Lipinski definition) is 8. The lowest BCUT2D eigenvalue weighted by Gasteiger charge is -2.26. The van der Waals surface area contributed by atoms with Crippen LogP contribution >= 0.6 is 0 Å². The molecule has 2 aromatic carbocycles. The fraction of sp³-hybridized carbons (Fsp3) is 0.345. The summed E-state index contributed by atoms with van der Waals surface area (Å²) >= 11 is 0.